The third-order valence-corrected chi connectivity index (χ3v) is 4.11. The molecule has 0 saturated carbocycles. The van der Waals surface area contributed by atoms with E-state index in [0.29, 0.717) is 5.92 Å². The van der Waals surface area contributed by atoms with Crippen LogP contribution in [-0.2, 0) is 16.5 Å². The first kappa shape index (κ1) is 13.8. The number of nitrogens with zero attached hydrogens (tertiary/aromatic N) is 2. The maximum absolute atomic E-state index is 5.89. The van der Waals surface area contributed by atoms with Crippen molar-refractivity contribution in [3.63, 3.8) is 0 Å². The zero-order chi connectivity index (χ0) is 13.8. The lowest BCUT2D eigenvalue weighted by Gasteiger charge is -2.20. The van der Waals surface area contributed by atoms with Crippen molar-refractivity contribution in [2.75, 3.05) is 32.9 Å². The van der Waals surface area contributed by atoms with Crippen LogP contribution in [0.4, 0.5) is 0 Å². The molecule has 2 aliphatic heterocycles. The Morgan fingerprint density at radius 1 is 1.45 bits per heavy atom. The topological polar surface area (TPSA) is 48.3 Å². The van der Waals surface area contributed by atoms with E-state index in [9.17, 15) is 0 Å². The lowest BCUT2D eigenvalue weighted by Crippen LogP contribution is -2.28. The second-order valence-corrected chi connectivity index (χ2v) is 5.55. The average molecular weight is 277 g/mol. The molecule has 2 atom stereocenters. The van der Waals surface area contributed by atoms with Gasteiger partial charge < -0.3 is 14.8 Å². The van der Waals surface area contributed by atoms with E-state index in [1.807, 2.05) is 17.9 Å². The van der Waals surface area contributed by atoms with E-state index in [4.69, 9.17) is 9.47 Å². The van der Waals surface area contributed by atoms with Gasteiger partial charge >= 0.3 is 0 Å². The summed E-state index contributed by atoms with van der Waals surface area (Å²) in [5.74, 6) is 0.524. The van der Waals surface area contributed by atoms with Crippen molar-refractivity contribution < 1.29 is 9.47 Å². The number of aromatic nitrogens is 2. The first-order chi connectivity index (χ1) is 9.84. The number of hydrogen-bond donors (Lipinski definition) is 1. The fourth-order valence-electron chi connectivity index (χ4n) is 2.98. The molecule has 1 aromatic heterocycles. The van der Waals surface area contributed by atoms with Gasteiger partial charge in [-0.05, 0) is 24.5 Å². The number of rotatable bonds is 5. The van der Waals surface area contributed by atoms with Crippen molar-refractivity contribution in [3.8, 4) is 0 Å². The van der Waals surface area contributed by atoms with Gasteiger partial charge in [0, 0.05) is 38.9 Å². The zero-order valence-electron chi connectivity index (χ0n) is 12.0. The van der Waals surface area contributed by atoms with Gasteiger partial charge in [-0.25, -0.2) is 0 Å². The maximum Gasteiger partial charge on any atom is 0.103 e. The van der Waals surface area contributed by atoms with Crippen molar-refractivity contribution in [3.05, 3.63) is 29.6 Å². The van der Waals surface area contributed by atoms with Crippen LogP contribution in [0.3, 0.4) is 0 Å². The number of hydrogen-bond acceptors (Lipinski definition) is 4. The highest BCUT2D eigenvalue weighted by atomic mass is 16.5. The predicted molar refractivity (Wildman–Crippen MR) is 76.4 cm³/mol. The van der Waals surface area contributed by atoms with Crippen LogP contribution in [0.25, 0.3) is 0 Å². The predicted octanol–water partition coefficient (Wildman–Crippen LogP) is 1.43. The molecule has 0 unspecified atom stereocenters. The molecule has 1 fully saturated rings. The highest BCUT2D eigenvalue weighted by Gasteiger charge is 2.31. The molecule has 1 aromatic rings. The Bertz CT molecular complexity index is 469. The normalized spacial score (nSPS) is 26.8. The number of nitrogens with one attached hydrogen (secondary N) is 1. The van der Waals surface area contributed by atoms with E-state index in [-0.39, 0.29) is 6.10 Å². The lowest BCUT2D eigenvalue weighted by atomic mass is 9.99. The summed E-state index contributed by atoms with van der Waals surface area (Å²) in [6.07, 6.45) is 6.46. The van der Waals surface area contributed by atoms with Crippen LogP contribution >= 0.6 is 0 Å². The van der Waals surface area contributed by atoms with Gasteiger partial charge in [0.15, 0.2) is 0 Å². The Morgan fingerprint density at radius 3 is 3.15 bits per heavy atom. The summed E-state index contributed by atoms with van der Waals surface area (Å²) in [7, 11) is 1.98. The molecule has 3 heterocycles. The Hall–Kier alpha value is -1.17. The minimum atomic E-state index is 0.173. The van der Waals surface area contributed by atoms with Crippen molar-refractivity contribution in [1.29, 1.82) is 0 Å². The van der Waals surface area contributed by atoms with Crippen LogP contribution in [-0.4, -0.2) is 42.7 Å². The first-order valence-electron chi connectivity index (χ1n) is 7.40. The molecule has 1 N–H and O–H groups in total. The molecule has 0 amide bonds. The standard InChI is InChI=1S/C15H23N3O2/c1-18-14(4-6-17-18)15-13(5-8-20-15)10-16-9-12-3-2-7-19-11-12/h3-4,6,13,15-16H,2,5,7-11H2,1H3/t13-,15+/m0/s1. The van der Waals surface area contributed by atoms with Gasteiger partial charge in [-0.1, -0.05) is 6.08 Å². The van der Waals surface area contributed by atoms with Crippen LogP contribution in [0.15, 0.2) is 23.9 Å². The SMILES string of the molecule is Cn1nccc1[C@@H]1OCC[C@H]1CNCC1=CCCOC1. The Balaban J connectivity index is 1.51. The smallest absolute Gasteiger partial charge is 0.103 e. The molecular weight excluding hydrogens is 254 g/mol. The molecule has 1 saturated heterocycles. The van der Waals surface area contributed by atoms with Crippen LogP contribution in [0.5, 0.6) is 0 Å². The molecule has 2 aliphatic rings. The summed E-state index contributed by atoms with van der Waals surface area (Å²) < 4.78 is 13.3. The minimum absolute atomic E-state index is 0.173. The Morgan fingerprint density at radius 2 is 2.40 bits per heavy atom. The molecule has 0 radical (unpaired) electrons. The Kier molecular flexibility index (Phi) is 4.50. The molecule has 0 spiro atoms. The fraction of sp³-hybridized carbons (Fsp3) is 0.667. The van der Waals surface area contributed by atoms with E-state index < -0.39 is 0 Å². The average Bonchev–Trinajstić information content (AvgIpc) is 3.08. The van der Waals surface area contributed by atoms with Crippen LogP contribution in [0.2, 0.25) is 0 Å². The van der Waals surface area contributed by atoms with Crippen molar-refractivity contribution in [2.45, 2.75) is 18.9 Å². The monoisotopic (exact) mass is 277 g/mol. The Labute approximate surface area is 119 Å². The summed E-state index contributed by atoms with van der Waals surface area (Å²) in [4.78, 5) is 0. The number of aryl methyl sites for hydroxylation is 1. The van der Waals surface area contributed by atoms with Gasteiger partial charge in [0.1, 0.15) is 6.10 Å². The second-order valence-electron chi connectivity index (χ2n) is 5.55. The van der Waals surface area contributed by atoms with E-state index in [2.05, 4.69) is 22.6 Å². The lowest BCUT2D eigenvalue weighted by molar-refractivity contribution is 0.0839. The summed E-state index contributed by atoms with van der Waals surface area (Å²) in [6.45, 7) is 4.39. The highest BCUT2D eigenvalue weighted by Crippen LogP contribution is 2.33. The van der Waals surface area contributed by atoms with Gasteiger partial charge in [-0.15, -0.1) is 0 Å². The van der Waals surface area contributed by atoms with Crippen LogP contribution in [0.1, 0.15) is 24.6 Å². The largest absolute Gasteiger partial charge is 0.377 e. The molecule has 0 aromatic carbocycles. The van der Waals surface area contributed by atoms with E-state index in [0.717, 1.165) is 45.8 Å². The van der Waals surface area contributed by atoms with Gasteiger partial charge in [0.05, 0.1) is 18.9 Å². The molecule has 5 nitrogen and oxygen atoms in total. The third kappa shape index (κ3) is 3.11. The van der Waals surface area contributed by atoms with Gasteiger partial charge in [0.2, 0.25) is 0 Å². The van der Waals surface area contributed by atoms with E-state index in [1.165, 1.54) is 11.3 Å². The molecule has 0 aliphatic carbocycles. The summed E-state index contributed by atoms with van der Waals surface area (Å²) in [6, 6.07) is 2.06. The van der Waals surface area contributed by atoms with Crippen molar-refractivity contribution in [2.24, 2.45) is 13.0 Å². The first-order valence-corrected chi connectivity index (χ1v) is 7.40. The van der Waals surface area contributed by atoms with Crippen molar-refractivity contribution in [1.82, 2.24) is 15.1 Å². The summed E-state index contributed by atoms with van der Waals surface area (Å²) in [5, 5.41) is 7.79. The minimum Gasteiger partial charge on any atom is -0.377 e. The molecule has 20 heavy (non-hydrogen) atoms. The van der Waals surface area contributed by atoms with Gasteiger partial charge in [0.25, 0.3) is 0 Å². The highest BCUT2D eigenvalue weighted by molar-refractivity contribution is 5.09. The fourth-order valence-corrected chi connectivity index (χ4v) is 2.98. The second kappa shape index (κ2) is 6.52. The zero-order valence-corrected chi connectivity index (χ0v) is 12.0. The summed E-state index contributed by atoms with van der Waals surface area (Å²) in [5.41, 5.74) is 2.54. The van der Waals surface area contributed by atoms with Crippen LogP contribution in [0, 0.1) is 5.92 Å². The molecular formula is C15H23N3O2. The van der Waals surface area contributed by atoms with E-state index >= 15 is 0 Å². The molecule has 0 bridgehead atoms. The summed E-state index contributed by atoms with van der Waals surface area (Å²) >= 11 is 0. The van der Waals surface area contributed by atoms with Crippen molar-refractivity contribution >= 4 is 0 Å². The third-order valence-electron chi connectivity index (χ3n) is 4.11. The molecule has 3 rings (SSSR count). The van der Waals surface area contributed by atoms with E-state index in [1.54, 1.807) is 0 Å². The quantitative estimate of drug-likeness (QED) is 0.827. The molecule has 110 valence electrons. The maximum atomic E-state index is 5.89. The van der Waals surface area contributed by atoms with Crippen LogP contribution < -0.4 is 5.32 Å². The van der Waals surface area contributed by atoms with Gasteiger partial charge in [-0.2, -0.15) is 5.10 Å². The molecule has 5 heteroatoms. The number of ether oxygens (including phenoxy) is 2. The van der Waals surface area contributed by atoms with Gasteiger partial charge in [-0.3, -0.25) is 4.68 Å².